The monoisotopic (exact) mass is 348 g/mol. The lowest BCUT2D eigenvalue weighted by atomic mass is 10.3. The highest BCUT2D eigenvalue weighted by atomic mass is 16.5. The second kappa shape index (κ2) is 8.39. The summed E-state index contributed by atoms with van der Waals surface area (Å²) in [5.74, 6) is 0.0263. The molecule has 2 heterocycles. The van der Waals surface area contributed by atoms with Gasteiger partial charge < -0.3 is 15.4 Å². The van der Waals surface area contributed by atoms with E-state index < -0.39 is 5.91 Å². The molecule has 26 heavy (non-hydrogen) atoms. The van der Waals surface area contributed by atoms with Gasteiger partial charge in [0.05, 0.1) is 18.4 Å². The van der Waals surface area contributed by atoms with Gasteiger partial charge in [-0.15, -0.1) is 0 Å². The number of para-hydroxylation sites is 1. The first kappa shape index (κ1) is 17.1. The zero-order valence-electron chi connectivity index (χ0n) is 13.8. The first-order valence-electron chi connectivity index (χ1n) is 7.88. The van der Waals surface area contributed by atoms with Crippen molar-refractivity contribution in [3.05, 3.63) is 78.9 Å². The molecule has 7 heteroatoms. The van der Waals surface area contributed by atoms with Gasteiger partial charge in [0, 0.05) is 12.4 Å². The summed E-state index contributed by atoms with van der Waals surface area (Å²) in [6.45, 7) is -0.199. The number of anilines is 1. The van der Waals surface area contributed by atoms with Gasteiger partial charge in [-0.3, -0.25) is 14.6 Å². The van der Waals surface area contributed by atoms with Crippen LogP contribution in [0.2, 0.25) is 0 Å². The van der Waals surface area contributed by atoms with E-state index in [2.05, 4.69) is 20.6 Å². The number of rotatable bonds is 6. The van der Waals surface area contributed by atoms with Gasteiger partial charge in [0.1, 0.15) is 5.75 Å². The highest BCUT2D eigenvalue weighted by molar-refractivity contribution is 5.99. The Kier molecular flexibility index (Phi) is 5.51. The number of amides is 2. The van der Waals surface area contributed by atoms with Gasteiger partial charge in [-0.2, -0.15) is 0 Å². The minimum absolute atomic E-state index is 0.102. The van der Waals surface area contributed by atoms with Crippen molar-refractivity contribution in [1.82, 2.24) is 15.3 Å². The fourth-order valence-electron chi connectivity index (χ4n) is 2.15. The standard InChI is InChI=1S/C19H16N4O3/c24-17(23-14-6-4-10-20-12-14)13-22-19(25)18-16(9-5-11-21-18)26-15-7-2-1-3-8-15/h1-12H,13H2,(H,22,25)(H,23,24). The summed E-state index contributed by atoms with van der Waals surface area (Å²) in [4.78, 5) is 32.2. The topological polar surface area (TPSA) is 93.2 Å². The van der Waals surface area contributed by atoms with E-state index >= 15 is 0 Å². The number of benzene rings is 1. The second-order valence-corrected chi connectivity index (χ2v) is 5.24. The minimum Gasteiger partial charge on any atom is -0.455 e. The molecule has 3 aromatic rings. The molecule has 1 aromatic carbocycles. The van der Waals surface area contributed by atoms with E-state index in [1.807, 2.05) is 18.2 Å². The molecule has 0 bridgehead atoms. The Morgan fingerprint density at radius 3 is 2.54 bits per heavy atom. The van der Waals surface area contributed by atoms with Crippen LogP contribution >= 0.6 is 0 Å². The van der Waals surface area contributed by atoms with Crippen LogP contribution < -0.4 is 15.4 Å². The first-order valence-corrected chi connectivity index (χ1v) is 7.88. The molecule has 2 N–H and O–H groups in total. The van der Waals surface area contributed by atoms with E-state index in [0.717, 1.165) is 0 Å². The zero-order chi connectivity index (χ0) is 18.2. The van der Waals surface area contributed by atoms with Gasteiger partial charge in [-0.1, -0.05) is 18.2 Å². The SMILES string of the molecule is O=C(CNC(=O)c1ncccc1Oc1ccccc1)Nc1cccnc1. The van der Waals surface area contributed by atoms with Crippen LogP contribution in [-0.4, -0.2) is 28.3 Å². The summed E-state index contributed by atoms with van der Waals surface area (Å²) in [5, 5.41) is 5.17. The van der Waals surface area contributed by atoms with Crippen molar-refractivity contribution in [2.24, 2.45) is 0 Å². The lowest BCUT2D eigenvalue weighted by molar-refractivity contribution is -0.115. The lowest BCUT2D eigenvalue weighted by Crippen LogP contribution is -2.33. The predicted octanol–water partition coefficient (Wildman–Crippen LogP) is 2.64. The molecule has 0 aliphatic carbocycles. The van der Waals surface area contributed by atoms with Gasteiger partial charge in [-0.25, -0.2) is 4.98 Å². The molecule has 0 saturated heterocycles. The number of nitrogens with one attached hydrogen (secondary N) is 2. The Bertz CT molecular complexity index is 886. The molecule has 0 spiro atoms. The van der Waals surface area contributed by atoms with E-state index in [-0.39, 0.29) is 18.1 Å². The predicted molar refractivity (Wildman–Crippen MR) is 96.0 cm³/mol. The summed E-state index contributed by atoms with van der Waals surface area (Å²) in [7, 11) is 0. The highest BCUT2D eigenvalue weighted by Crippen LogP contribution is 2.23. The summed E-state index contributed by atoms with van der Waals surface area (Å²) >= 11 is 0. The van der Waals surface area contributed by atoms with Crippen LogP contribution in [0.4, 0.5) is 5.69 Å². The second-order valence-electron chi connectivity index (χ2n) is 5.24. The van der Waals surface area contributed by atoms with Crippen LogP contribution in [0, 0.1) is 0 Å². The average molecular weight is 348 g/mol. The molecular formula is C19H16N4O3. The Hall–Kier alpha value is -3.74. The fraction of sp³-hybridized carbons (Fsp3) is 0.0526. The van der Waals surface area contributed by atoms with Gasteiger partial charge in [-0.05, 0) is 36.4 Å². The van der Waals surface area contributed by atoms with E-state index in [1.54, 1.807) is 42.6 Å². The first-order chi connectivity index (χ1) is 12.7. The highest BCUT2D eigenvalue weighted by Gasteiger charge is 2.15. The minimum atomic E-state index is -0.502. The molecule has 0 aliphatic heterocycles. The Morgan fingerprint density at radius 2 is 1.77 bits per heavy atom. The van der Waals surface area contributed by atoms with Crippen molar-refractivity contribution >= 4 is 17.5 Å². The van der Waals surface area contributed by atoms with E-state index in [1.165, 1.54) is 12.4 Å². The molecule has 0 fully saturated rings. The molecule has 0 radical (unpaired) electrons. The van der Waals surface area contributed by atoms with E-state index in [9.17, 15) is 9.59 Å². The number of aromatic nitrogens is 2. The Morgan fingerprint density at radius 1 is 0.962 bits per heavy atom. The summed E-state index contributed by atoms with van der Waals surface area (Å²) in [6, 6.07) is 15.8. The van der Waals surface area contributed by atoms with Crippen molar-refractivity contribution in [3.8, 4) is 11.5 Å². The van der Waals surface area contributed by atoms with E-state index in [0.29, 0.717) is 17.2 Å². The molecular weight excluding hydrogens is 332 g/mol. The summed E-state index contributed by atoms with van der Waals surface area (Å²) in [6.07, 6.45) is 4.61. The number of nitrogens with zero attached hydrogens (tertiary/aromatic N) is 2. The van der Waals surface area contributed by atoms with Crippen molar-refractivity contribution < 1.29 is 14.3 Å². The molecule has 2 amide bonds. The molecule has 0 unspecified atom stereocenters. The van der Waals surface area contributed by atoms with Crippen molar-refractivity contribution in [2.45, 2.75) is 0 Å². The normalized spacial score (nSPS) is 10.0. The van der Waals surface area contributed by atoms with Crippen LogP contribution in [-0.2, 0) is 4.79 Å². The molecule has 3 rings (SSSR count). The van der Waals surface area contributed by atoms with Gasteiger partial charge in [0.2, 0.25) is 5.91 Å². The van der Waals surface area contributed by atoms with Gasteiger partial charge >= 0.3 is 0 Å². The van der Waals surface area contributed by atoms with Gasteiger partial charge in [0.25, 0.3) is 5.91 Å². The third kappa shape index (κ3) is 4.64. The summed E-state index contributed by atoms with van der Waals surface area (Å²) < 4.78 is 5.70. The third-order valence-electron chi connectivity index (χ3n) is 3.31. The number of hydrogen-bond acceptors (Lipinski definition) is 5. The number of ether oxygens (including phenoxy) is 1. The fourth-order valence-corrected chi connectivity index (χ4v) is 2.15. The molecule has 0 aliphatic rings. The summed E-state index contributed by atoms with van der Waals surface area (Å²) in [5.41, 5.74) is 0.656. The zero-order valence-corrected chi connectivity index (χ0v) is 13.8. The molecule has 0 saturated carbocycles. The van der Waals surface area contributed by atoms with Crippen molar-refractivity contribution in [3.63, 3.8) is 0 Å². The lowest BCUT2D eigenvalue weighted by Gasteiger charge is -2.10. The number of hydrogen-bond donors (Lipinski definition) is 2. The quantitative estimate of drug-likeness (QED) is 0.714. The maximum Gasteiger partial charge on any atom is 0.274 e. The largest absolute Gasteiger partial charge is 0.455 e. The van der Waals surface area contributed by atoms with Gasteiger partial charge in [0.15, 0.2) is 11.4 Å². The molecule has 7 nitrogen and oxygen atoms in total. The Labute approximate surface area is 150 Å². The molecule has 130 valence electrons. The Balaban J connectivity index is 1.62. The third-order valence-corrected chi connectivity index (χ3v) is 3.31. The van der Waals surface area contributed by atoms with Crippen LogP contribution in [0.15, 0.2) is 73.2 Å². The van der Waals surface area contributed by atoms with Crippen molar-refractivity contribution in [2.75, 3.05) is 11.9 Å². The molecule has 0 atom stereocenters. The number of carbonyl (C=O) groups excluding carboxylic acids is 2. The number of carbonyl (C=O) groups is 2. The average Bonchev–Trinajstić information content (AvgIpc) is 2.68. The van der Waals surface area contributed by atoms with Crippen LogP contribution in [0.1, 0.15) is 10.5 Å². The van der Waals surface area contributed by atoms with Crippen LogP contribution in [0.5, 0.6) is 11.5 Å². The molecule has 2 aromatic heterocycles. The maximum absolute atomic E-state index is 12.4. The van der Waals surface area contributed by atoms with Crippen molar-refractivity contribution in [1.29, 1.82) is 0 Å². The van der Waals surface area contributed by atoms with Crippen LogP contribution in [0.3, 0.4) is 0 Å². The smallest absolute Gasteiger partial charge is 0.274 e. The van der Waals surface area contributed by atoms with E-state index in [4.69, 9.17) is 4.74 Å². The number of pyridine rings is 2. The van der Waals surface area contributed by atoms with Crippen LogP contribution in [0.25, 0.3) is 0 Å². The maximum atomic E-state index is 12.4.